The number of ether oxygens (including phenoxy) is 1. The van der Waals surface area contributed by atoms with Crippen molar-refractivity contribution < 1.29 is 9.84 Å². The van der Waals surface area contributed by atoms with Crippen LogP contribution < -0.4 is 4.74 Å². The SMILES string of the molecule is COc1cc(C)c(C(O)c2cnc(C)s2)cc1C. The van der Waals surface area contributed by atoms with Gasteiger partial charge in [-0.05, 0) is 49.6 Å². The molecule has 1 aromatic heterocycles. The second kappa shape index (κ2) is 5.08. The van der Waals surface area contributed by atoms with Crippen LogP contribution in [0, 0.1) is 20.8 Å². The number of aliphatic hydroxyl groups excluding tert-OH is 1. The van der Waals surface area contributed by atoms with Crippen LogP contribution in [0.2, 0.25) is 0 Å². The van der Waals surface area contributed by atoms with Crippen molar-refractivity contribution in [3.63, 3.8) is 0 Å². The number of aryl methyl sites for hydroxylation is 3. The Hall–Kier alpha value is -1.39. The summed E-state index contributed by atoms with van der Waals surface area (Å²) in [4.78, 5) is 5.06. The summed E-state index contributed by atoms with van der Waals surface area (Å²) < 4.78 is 5.28. The van der Waals surface area contributed by atoms with Gasteiger partial charge in [0.1, 0.15) is 11.9 Å². The second-order valence-electron chi connectivity index (χ2n) is 4.36. The average Bonchev–Trinajstić information content (AvgIpc) is 2.77. The van der Waals surface area contributed by atoms with E-state index < -0.39 is 6.10 Å². The standard InChI is InChI=1S/C14H17NO2S/c1-8-6-12(17-4)9(2)5-11(8)14(16)13-7-15-10(3)18-13/h5-7,14,16H,1-4H3. The summed E-state index contributed by atoms with van der Waals surface area (Å²) in [5, 5.41) is 11.4. The predicted molar refractivity (Wildman–Crippen MR) is 73.4 cm³/mol. The summed E-state index contributed by atoms with van der Waals surface area (Å²) in [6, 6.07) is 3.94. The zero-order valence-corrected chi connectivity index (χ0v) is 11.8. The molecule has 18 heavy (non-hydrogen) atoms. The summed E-state index contributed by atoms with van der Waals surface area (Å²) in [5.41, 5.74) is 2.96. The van der Waals surface area contributed by atoms with Crippen LogP contribution in [0.15, 0.2) is 18.3 Å². The minimum Gasteiger partial charge on any atom is -0.496 e. The van der Waals surface area contributed by atoms with Crippen LogP contribution in [-0.2, 0) is 0 Å². The normalized spacial score (nSPS) is 12.5. The molecule has 2 aromatic rings. The highest BCUT2D eigenvalue weighted by Gasteiger charge is 2.17. The van der Waals surface area contributed by atoms with E-state index in [0.29, 0.717) is 0 Å². The van der Waals surface area contributed by atoms with E-state index in [2.05, 4.69) is 4.98 Å². The highest BCUT2D eigenvalue weighted by atomic mass is 32.1. The van der Waals surface area contributed by atoms with E-state index in [0.717, 1.165) is 32.3 Å². The molecular formula is C14H17NO2S. The Balaban J connectivity index is 2.42. The van der Waals surface area contributed by atoms with E-state index in [9.17, 15) is 5.11 Å². The topological polar surface area (TPSA) is 42.4 Å². The summed E-state index contributed by atoms with van der Waals surface area (Å²) in [5.74, 6) is 0.851. The van der Waals surface area contributed by atoms with E-state index >= 15 is 0 Å². The number of nitrogens with zero attached hydrogens (tertiary/aromatic N) is 1. The van der Waals surface area contributed by atoms with Gasteiger partial charge in [-0.1, -0.05) is 0 Å². The fourth-order valence-corrected chi connectivity index (χ4v) is 2.77. The molecule has 0 spiro atoms. The van der Waals surface area contributed by atoms with Crippen molar-refractivity contribution in [1.82, 2.24) is 4.98 Å². The maximum absolute atomic E-state index is 10.4. The lowest BCUT2D eigenvalue weighted by molar-refractivity contribution is 0.223. The van der Waals surface area contributed by atoms with Gasteiger partial charge in [0.05, 0.1) is 17.0 Å². The van der Waals surface area contributed by atoms with Gasteiger partial charge in [-0.15, -0.1) is 11.3 Å². The van der Waals surface area contributed by atoms with E-state index in [1.807, 2.05) is 32.9 Å². The lowest BCUT2D eigenvalue weighted by atomic mass is 9.99. The number of aliphatic hydroxyl groups is 1. The first kappa shape index (κ1) is 13.1. The Morgan fingerprint density at radius 2 is 1.94 bits per heavy atom. The Morgan fingerprint density at radius 1 is 1.22 bits per heavy atom. The molecule has 4 heteroatoms. The molecule has 0 radical (unpaired) electrons. The van der Waals surface area contributed by atoms with E-state index in [-0.39, 0.29) is 0 Å². The van der Waals surface area contributed by atoms with Crippen LogP contribution in [0.3, 0.4) is 0 Å². The highest BCUT2D eigenvalue weighted by Crippen LogP contribution is 2.32. The van der Waals surface area contributed by atoms with E-state index in [4.69, 9.17) is 4.74 Å². The zero-order chi connectivity index (χ0) is 13.3. The van der Waals surface area contributed by atoms with Crippen LogP contribution in [0.4, 0.5) is 0 Å². The van der Waals surface area contributed by atoms with E-state index in [1.54, 1.807) is 13.3 Å². The molecule has 3 nitrogen and oxygen atoms in total. The quantitative estimate of drug-likeness (QED) is 0.925. The summed E-state index contributed by atoms with van der Waals surface area (Å²) >= 11 is 1.52. The van der Waals surface area contributed by atoms with Crippen molar-refractivity contribution in [2.75, 3.05) is 7.11 Å². The number of aromatic nitrogens is 1. The zero-order valence-electron chi connectivity index (χ0n) is 11.0. The molecule has 1 heterocycles. The van der Waals surface area contributed by atoms with Crippen LogP contribution >= 0.6 is 11.3 Å². The molecule has 0 saturated heterocycles. The van der Waals surface area contributed by atoms with Crippen LogP contribution in [0.25, 0.3) is 0 Å². The molecule has 96 valence electrons. The van der Waals surface area contributed by atoms with Gasteiger partial charge in [0.15, 0.2) is 0 Å². The molecule has 0 aliphatic heterocycles. The number of benzene rings is 1. The van der Waals surface area contributed by atoms with Crippen LogP contribution in [-0.4, -0.2) is 17.2 Å². The van der Waals surface area contributed by atoms with Crippen molar-refractivity contribution in [3.8, 4) is 5.75 Å². The molecule has 0 saturated carbocycles. The fraction of sp³-hybridized carbons (Fsp3) is 0.357. The highest BCUT2D eigenvalue weighted by molar-refractivity contribution is 7.11. The first-order valence-electron chi connectivity index (χ1n) is 5.78. The van der Waals surface area contributed by atoms with E-state index in [1.165, 1.54) is 11.3 Å². The molecule has 1 atom stereocenters. The van der Waals surface area contributed by atoms with Gasteiger partial charge in [-0.2, -0.15) is 0 Å². The van der Waals surface area contributed by atoms with Gasteiger partial charge in [0.2, 0.25) is 0 Å². The predicted octanol–water partition coefficient (Wildman–Crippen LogP) is 3.16. The molecule has 2 rings (SSSR count). The smallest absolute Gasteiger partial charge is 0.122 e. The van der Waals surface area contributed by atoms with Gasteiger partial charge in [0.25, 0.3) is 0 Å². The van der Waals surface area contributed by atoms with Crippen molar-refractivity contribution in [3.05, 3.63) is 44.9 Å². The minimum absolute atomic E-state index is 0.610. The maximum Gasteiger partial charge on any atom is 0.122 e. The van der Waals surface area contributed by atoms with Crippen LogP contribution in [0.1, 0.15) is 32.7 Å². The first-order chi connectivity index (χ1) is 8.52. The molecule has 0 fully saturated rings. The van der Waals surface area contributed by atoms with Gasteiger partial charge in [-0.3, -0.25) is 0 Å². The van der Waals surface area contributed by atoms with Gasteiger partial charge in [-0.25, -0.2) is 4.98 Å². The maximum atomic E-state index is 10.4. The Labute approximate surface area is 111 Å². The number of hydrogen-bond donors (Lipinski definition) is 1. The monoisotopic (exact) mass is 263 g/mol. The lowest BCUT2D eigenvalue weighted by Crippen LogP contribution is -2.02. The number of methoxy groups -OCH3 is 1. The van der Waals surface area contributed by atoms with Gasteiger partial charge in [0, 0.05) is 6.20 Å². The largest absolute Gasteiger partial charge is 0.496 e. The number of rotatable bonds is 3. The number of thiazole rings is 1. The third kappa shape index (κ3) is 2.40. The third-order valence-corrected chi connectivity index (χ3v) is 3.95. The average molecular weight is 263 g/mol. The summed E-state index contributed by atoms with van der Waals surface area (Å²) in [6.07, 6.45) is 1.13. The summed E-state index contributed by atoms with van der Waals surface area (Å²) in [7, 11) is 1.66. The Bertz CT molecular complexity index is 563. The molecule has 1 N–H and O–H groups in total. The third-order valence-electron chi connectivity index (χ3n) is 2.99. The molecule has 0 aliphatic carbocycles. The number of hydrogen-bond acceptors (Lipinski definition) is 4. The first-order valence-corrected chi connectivity index (χ1v) is 6.60. The van der Waals surface area contributed by atoms with Crippen molar-refractivity contribution in [1.29, 1.82) is 0 Å². The molecule has 1 aromatic carbocycles. The molecule has 0 aliphatic rings. The Kier molecular flexibility index (Phi) is 3.68. The van der Waals surface area contributed by atoms with Gasteiger partial charge >= 0.3 is 0 Å². The fourth-order valence-electron chi connectivity index (χ4n) is 1.98. The van der Waals surface area contributed by atoms with Crippen LogP contribution in [0.5, 0.6) is 5.75 Å². The minimum atomic E-state index is -0.610. The molecular weight excluding hydrogens is 246 g/mol. The second-order valence-corrected chi connectivity index (χ2v) is 5.63. The Morgan fingerprint density at radius 3 is 2.50 bits per heavy atom. The molecule has 1 unspecified atom stereocenters. The summed E-state index contributed by atoms with van der Waals surface area (Å²) in [6.45, 7) is 5.90. The lowest BCUT2D eigenvalue weighted by Gasteiger charge is -2.15. The molecule has 0 bridgehead atoms. The van der Waals surface area contributed by atoms with Crippen molar-refractivity contribution >= 4 is 11.3 Å². The van der Waals surface area contributed by atoms with Crippen molar-refractivity contribution in [2.45, 2.75) is 26.9 Å². The molecule has 0 amide bonds. The van der Waals surface area contributed by atoms with Gasteiger partial charge < -0.3 is 9.84 Å². The van der Waals surface area contributed by atoms with Crippen molar-refractivity contribution in [2.24, 2.45) is 0 Å².